The molecule has 0 unspecified atom stereocenters. The third kappa shape index (κ3) is 3.31. The maximum Gasteiger partial charge on any atom is 0.103 e. The van der Waals surface area contributed by atoms with E-state index < -0.39 is 0 Å². The van der Waals surface area contributed by atoms with Gasteiger partial charge in [0.1, 0.15) is 5.01 Å². The largest absolute Gasteiger partial charge is 0.326 e. The number of hydrogen-bond donors (Lipinski definition) is 1. The Morgan fingerprint density at radius 1 is 1.24 bits per heavy atom. The van der Waals surface area contributed by atoms with Crippen molar-refractivity contribution >= 4 is 23.1 Å². The van der Waals surface area contributed by atoms with Gasteiger partial charge < -0.3 is 5.73 Å². The van der Waals surface area contributed by atoms with Gasteiger partial charge in [0.2, 0.25) is 0 Å². The van der Waals surface area contributed by atoms with Crippen molar-refractivity contribution in [2.75, 3.05) is 0 Å². The second-order valence-electron chi connectivity index (χ2n) is 3.89. The third-order valence-corrected chi connectivity index (χ3v) is 4.87. The van der Waals surface area contributed by atoms with E-state index in [1.807, 2.05) is 11.8 Å². The minimum atomic E-state index is 0.607. The first-order valence-corrected chi connectivity index (χ1v) is 7.34. The summed E-state index contributed by atoms with van der Waals surface area (Å²) in [6, 6.07) is 8.42. The van der Waals surface area contributed by atoms with Crippen LogP contribution in [0.5, 0.6) is 0 Å². The molecule has 1 aromatic carbocycles. The molecule has 17 heavy (non-hydrogen) atoms. The summed E-state index contributed by atoms with van der Waals surface area (Å²) < 4.78 is 0. The van der Waals surface area contributed by atoms with E-state index in [1.165, 1.54) is 20.3 Å². The zero-order chi connectivity index (χ0) is 12.3. The lowest BCUT2D eigenvalue weighted by molar-refractivity contribution is 1.07. The number of nitrogens with zero attached hydrogens (tertiary/aromatic N) is 1. The summed E-state index contributed by atoms with van der Waals surface area (Å²) in [5.74, 6) is 0.946. The molecule has 1 heterocycles. The van der Waals surface area contributed by atoms with Crippen molar-refractivity contribution in [1.82, 2.24) is 4.98 Å². The van der Waals surface area contributed by atoms with Crippen LogP contribution in [0.4, 0.5) is 0 Å². The molecule has 0 saturated heterocycles. The van der Waals surface area contributed by atoms with E-state index in [-0.39, 0.29) is 0 Å². The number of benzene rings is 1. The fraction of sp³-hybridized carbons (Fsp3) is 0.308. The highest BCUT2D eigenvalue weighted by Gasteiger charge is 2.04. The summed E-state index contributed by atoms with van der Waals surface area (Å²) in [5.41, 5.74) is 7.90. The molecule has 90 valence electrons. The average Bonchev–Trinajstić information content (AvgIpc) is 2.67. The van der Waals surface area contributed by atoms with Gasteiger partial charge in [-0.1, -0.05) is 12.1 Å². The van der Waals surface area contributed by atoms with Gasteiger partial charge in [0.05, 0.1) is 11.4 Å². The zero-order valence-electron chi connectivity index (χ0n) is 10.1. The Bertz CT molecular complexity index is 469. The molecule has 0 bridgehead atoms. The molecule has 0 radical (unpaired) electrons. The van der Waals surface area contributed by atoms with Crippen LogP contribution in [-0.4, -0.2) is 4.98 Å². The van der Waals surface area contributed by atoms with Crippen LogP contribution >= 0.6 is 23.1 Å². The van der Waals surface area contributed by atoms with Gasteiger partial charge in [-0.15, -0.1) is 23.1 Å². The maximum absolute atomic E-state index is 5.57. The summed E-state index contributed by atoms with van der Waals surface area (Å²) in [5, 5.41) is 1.20. The van der Waals surface area contributed by atoms with Gasteiger partial charge >= 0.3 is 0 Å². The summed E-state index contributed by atoms with van der Waals surface area (Å²) >= 11 is 3.61. The van der Waals surface area contributed by atoms with Gasteiger partial charge in [-0.2, -0.15) is 0 Å². The molecule has 2 nitrogen and oxygen atoms in total. The molecule has 0 aliphatic carbocycles. The van der Waals surface area contributed by atoms with Crippen molar-refractivity contribution in [3.8, 4) is 0 Å². The molecule has 0 amide bonds. The van der Waals surface area contributed by atoms with Crippen LogP contribution in [0.25, 0.3) is 0 Å². The summed E-state index contributed by atoms with van der Waals surface area (Å²) in [6.45, 7) is 4.79. The molecule has 0 spiro atoms. The van der Waals surface area contributed by atoms with Gasteiger partial charge in [0.15, 0.2) is 0 Å². The van der Waals surface area contributed by atoms with E-state index in [0.717, 1.165) is 11.4 Å². The Morgan fingerprint density at radius 3 is 2.47 bits per heavy atom. The number of aryl methyl sites for hydroxylation is 2. The minimum Gasteiger partial charge on any atom is -0.326 e. The van der Waals surface area contributed by atoms with Gasteiger partial charge in [0.25, 0.3) is 0 Å². The van der Waals surface area contributed by atoms with Crippen molar-refractivity contribution in [2.45, 2.75) is 31.0 Å². The van der Waals surface area contributed by atoms with Gasteiger partial charge in [-0.05, 0) is 31.5 Å². The van der Waals surface area contributed by atoms with Crippen LogP contribution in [0.2, 0.25) is 0 Å². The molecule has 0 aliphatic heterocycles. The standard InChI is InChI=1S/C13H16N2S2/c1-9-10(2)17-13(15-9)8-16-12-5-3-11(7-14)4-6-12/h3-6H,7-8,14H2,1-2H3. The van der Waals surface area contributed by atoms with Crippen LogP contribution in [0.3, 0.4) is 0 Å². The highest BCUT2D eigenvalue weighted by atomic mass is 32.2. The first-order chi connectivity index (χ1) is 8.19. The number of thioether (sulfide) groups is 1. The predicted octanol–water partition coefficient (Wildman–Crippen LogP) is 3.51. The molecule has 0 saturated carbocycles. The maximum atomic E-state index is 5.57. The van der Waals surface area contributed by atoms with Gasteiger partial charge in [-0.25, -0.2) is 4.98 Å². The lowest BCUT2D eigenvalue weighted by Gasteiger charge is -2.00. The quantitative estimate of drug-likeness (QED) is 0.859. The van der Waals surface area contributed by atoms with E-state index in [4.69, 9.17) is 5.73 Å². The molecule has 4 heteroatoms. The average molecular weight is 264 g/mol. The SMILES string of the molecule is Cc1nc(CSc2ccc(CN)cc2)sc1C. The van der Waals surface area contributed by atoms with Crippen molar-refractivity contribution in [2.24, 2.45) is 5.73 Å². The van der Waals surface area contributed by atoms with E-state index in [2.05, 4.69) is 43.1 Å². The molecular weight excluding hydrogens is 248 g/mol. The van der Waals surface area contributed by atoms with Gasteiger partial charge in [-0.3, -0.25) is 0 Å². The third-order valence-electron chi connectivity index (χ3n) is 2.59. The lowest BCUT2D eigenvalue weighted by Crippen LogP contribution is -1.94. The number of thiazole rings is 1. The highest BCUT2D eigenvalue weighted by Crippen LogP contribution is 2.26. The lowest BCUT2D eigenvalue weighted by atomic mass is 10.2. The number of rotatable bonds is 4. The minimum absolute atomic E-state index is 0.607. The molecule has 1 aromatic heterocycles. The summed E-state index contributed by atoms with van der Waals surface area (Å²) in [6.07, 6.45) is 0. The molecule has 2 aromatic rings. The second kappa shape index (κ2) is 5.67. The normalized spacial score (nSPS) is 10.8. The Morgan fingerprint density at radius 2 is 1.94 bits per heavy atom. The summed E-state index contributed by atoms with van der Waals surface area (Å²) in [4.78, 5) is 7.13. The Hall–Kier alpha value is -0.840. The van der Waals surface area contributed by atoms with Crippen molar-refractivity contribution < 1.29 is 0 Å². The van der Waals surface area contributed by atoms with Crippen molar-refractivity contribution in [3.05, 3.63) is 45.4 Å². The number of aromatic nitrogens is 1. The van der Waals surface area contributed by atoms with Crippen molar-refractivity contribution in [1.29, 1.82) is 0 Å². The molecule has 2 N–H and O–H groups in total. The monoisotopic (exact) mass is 264 g/mol. The van der Waals surface area contributed by atoms with E-state index in [0.29, 0.717) is 6.54 Å². The zero-order valence-corrected chi connectivity index (χ0v) is 11.7. The van der Waals surface area contributed by atoms with Crippen LogP contribution in [0, 0.1) is 13.8 Å². The molecule has 0 fully saturated rings. The molecular formula is C13H16N2S2. The van der Waals surface area contributed by atoms with E-state index >= 15 is 0 Å². The Labute approximate surface area is 110 Å². The van der Waals surface area contributed by atoms with E-state index in [1.54, 1.807) is 11.3 Å². The molecule has 0 aliphatic rings. The first-order valence-electron chi connectivity index (χ1n) is 5.53. The number of hydrogen-bond acceptors (Lipinski definition) is 4. The van der Waals surface area contributed by atoms with Crippen LogP contribution in [-0.2, 0) is 12.3 Å². The smallest absolute Gasteiger partial charge is 0.103 e. The predicted molar refractivity (Wildman–Crippen MR) is 75.5 cm³/mol. The van der Waals surface area contributed by atoms with Crippen LogP contribution < -0.4 is 5.73 Å². The molecule has 2 rings (SSSR count). The van der Waals surface area contributed by atoms with Crippen LogP contribution in [0.15, 0.2) is 29.2 Å². The number of nitrogens with two attached hydrogens (primary N) is 1. The highest BCUT2D eigenvalue weighted by molar-refractivity contribution is 7.98. The topological polar surface area (TPSA) is 38.9 Å². The fourth-order valence-electron chi connectivity index (χ4n) is 1.47. The van der Waals surface area contributed by atoms with Crippen molar-refractivity contribution in [3.63, 3.8) is 0 Å². The van der Waals surface area contributed by atoms with Crippen LogP contribution in [0.1, 0.15) is 21.1 Å². The fourth-order valence-corrected chi connectivity index (χ4v) is 3.29. The molecule has 0 atom stereocenters. The summed E-state index contributed by atoms with van der Waals surface area (Å²) in [7, 11) is 0. The Balaban J connectivity index is 1.97. The van der Waals surface area contributed by atoms with E-state index in [9.17, 15) is 0 Å². The Kier molecular flexibility index (Phi) is 4.20. The van der Waals surface area contributed by atoms with Gasteiger partial charge in [0, 0.05) is 16.3 Å². The first kappa shape index (κ1) is 12.6. The second-order valence-corrected chi connectivity index (χ2v) is 6.22.